The SMILES string of the molecule is Cc1nn(C)c2nc(-c3cccs3)cc(C(=O)NC3CCC(N)CC3)c12. The standard InChI is InChI=1S/C19H23N5OS/c1-11-17-14(19(25)21-13-7-5-12(20)6-8-13)10-15(16-4-3-9-26-16)22-18(17)24(2)23-11/h3-4,9-10,12-13H,5-8,20H2,1-2H3,(H,21,25). The number of hydrogen-bond acceptors (Lipinski definition) is 5. The first-order chi connectivity index (χ1) is 12.5. The fourth-order valence-corrected chi connectivity index (χ4v) is 4.39. The Labute approximate surface area is 156 Å². The average Bonchev–Trinajstić information content (AvgIpc) is 3.25. The van der Waals surface area contributed by atoms with E-state index in [4.69, 9.17) is 10.7 Å². The highest BCUT2D eigenvalue weighted by Gasteiger charge is 2.24. The van der Waals surface area contributed by atoms with Crippen LogP contribution in [-0.4, -0.2) is 32.8 Å². The number of nitrogens with zero attached hydrogens (tertiary/aromatic N) is 3. The lowest BCUT2D eigenvalue weighted by Gasteiger charge is -2.27. The Hall–Kier alpha value is -2.25. The zero-order valence-corrected chi connectivity index (χ0v) is 15.8. The van der Waals surface area contributed by atoms with Gasteiger partial charge in [-0.05, 0) is 50.1 Å². The zero-order valence-electron chi connectivity index (χ0n) is 15.0. The normalized spacial score (nSPS) is 20.4. The summed E-state index contributed by atoms with van der Waals surface area (Å²) in [5.74, 6) is -0.0493. The molecule has 3 heterocycles. The zero-order chi connectivity index (χ0) is 18.3. The van der Waals surface area contributed by atoms with Crippen LogP contribution in [0.3, 0.4) is 0 Å². The van der Waals surface area contributed by atoms with E-state index >= 15 is 0 Å². The molecule has 6 nitrogen and oxygen atoms in total. The maximum atomic E-state index is 13.1. The lowest BCUT2D eigenvalue weighted by molar-refractivity contribution is 0.0927. The molecule has 0 radical (unpaired) electrons. The van der Waals surface area contributed by atoms with Gasteiger partial charge in [-0.2, -0.15) is 5.10 Å². The summed E-state index contributed by atoms with van der Waals surface area (Å²) in [6.45, 7) is 1.92. The van der Waals surface area contributed by atoms with Gasteiger partial charge in [0.05, 0.1) is 27.2 Å². The van der Waals surface area contributed by atoms with Crippen LogP contribution in [0.5, 0.6) is 0 Å². The lowest BCUT2D eigenvalue weighted by Crippen LogP contribution is -2.40. The Balaban J connectivity index is 1.74. The molecule has 136 valence electrons. The Morgan fingerprint density at radius 1 is 1.35 bits per heavy atom. The number of fused-ring (bicyclic) bond motifs is 1. The Morgan fingerprint density at radius 2 is 2.12 bits per heavy atom. The van der Waals surface area contributed by atoms with Crippen molar-refractivity contribution in [3.8, 4) is 10.6 Å². The van der Waals surface area contributed by atoms with Crippen LogP contribution in [0, 0.1) is 6.92 Å². The molecule has 1 saturated carbocycles. The lowest BCUT2D eigenvalue weighted by atomic mass is 9.91. The van der Waals surface area contributed by atoms with Crippen LogP contribution >= 0.6 is 11.3 Å². The van der Waals surface area contributed by atoms with Gasteiger partial charge in [-0.1, -0.05) is 6.07 Å². The molecule has 3 aromatic heterocycles. The third-order valence-electron chi connectivity index (χ3n) is 5.09. The number of hydrogen-bond donors (Lipinski definition) is 2. The van der Waals surface area contributed by atoms with Crippen molar-refractivity contribution >= 4 is 28.3 Å². The fraction of sp³-hybridized carbons (Fsp3) is 0.421. The fourth-order valence-electron chi connectivity index (χ4n) is 3.70. The molecule has 0 aliphatic heterocycles. The van der Waals surface area contributed by atoms with E-state index in [-0.39, 0.29) is 18.0 Å². The van der Waals surface area contributed by atoms with E-state index in [0.717, 1.165) is 53.0 Å². The number of rotatable bonds is 3. The summed E-state index contributed by atoms with van der Waals surface area (Å²) < 4.78 is 1.75. The van der Waals surface area contributed by atoms with E-state index in [1.807, 2.05) is 37.6 Å². The number of thiophene rings is 1. The van der Waals surface area contributed by atoms with Crippen molar-refractivity contribution in [2.45, 2.75) is 44.7 Å². The second kappa shape index (κ2) is 6.81. The topological polar surface area (TPSA) is 85.8 Å². The third-order valence-corrected chi connectivity index (χ3v) is 5.99. The number of aromatic nitrogens is 3. The second-order valence-corrected chi connectivity index (χ2v) is 7.97. The number of nitrogens with one attached hydrogen (secondary N) is 1. The highest BCUT2D eigenvalue weighted by Crippen LogP contribution is 2.29. The summed E-state index contributed by atoms with van der Waals surface area (Å²) in [6.07, 6.45) is 3.79. The Kier molecular flexibility index (Phi) is 4.50. The van der Waals surface area contributed by atoms with Crippen molar-refractivity contribution in [2.75, 3.05) is 0 Å². The molecule has 0 atom stereocenters. The molecule has 7 heteroatoms. The summed E-state index contributed by atoms with van der Waals surface area (Å²) in [5.41, 5.74) is 9.00. The first-order valence-electron chi connectivity index (χ1n) is 8.97. The van der Waals surface area contributed by atoms with Gasteiger partial charge in [-0.3, -0.25) is 9.48 Å². The summed E-state index contributed by atoms with van der Waals surface area (Å²) in [7, 11) is 1.87. The quantitative estimate of drug-likeness (QED) is 0.743. The Bertz CT molecular complexity index is 939. The molecule has 0 aromatic carbocycles. The summed E-state index contributed by atoms with van der Waals surface area (Å²) >= 11 is 1.62. The van der Waals surface area contributed by atoms with Gasteiger partial charge in [0.25, 0.3) is 5.91 Å². The van der Waals surface area contributed by atoms with Crippen LogP contribution in [-0.2, 0) is 7.05 Å². The minimum absolute atomic E-state index is 0.0493. The van der Waals surface area contributed by atoms with Crippen LogP contribution < -0.4 is 11.1 Å². The summed E-state index contributed by atoms with van der Waals surface area (Å²) in [6, 6.07) is 6.36. The molecule has 3 aromatic rings. The molecule has 4 rings (SSSR count). The smallest absolute Gasteiger partial charge is 0.252 e. The molecule has 1 amide bonds. The first kappa shape index (κ1) is 17.2. The van der Waals surface area contributed by atoms with Gasteiger partial charge in [0, 0.05) is 19.1 Å². The predicted octanol–water partition coefficient (Wildman–Crippen LogP) is 3.00. The number of carbonyl (C=O) groups is 1. The molecule has 1 aliphatic carbocycles. The largest absolute Gasteiger partial charge is 0.349 e. The predicted molar refractivity (Wildman–Crippen MR) is 104 cm³/mol. The van der Waals surface area contributed by atoms with Crippen molar-refractivity contribution < 1.29 is 4.79 Å². The molecule has 3 N–H and O–H groups in total. The summed E-state index contributed by atoms with van der Waals surface area (Å²) in [4.78, 5) is 18.9. The molecule has 26 heavy (non-hydrogen) atoms. The number of nitrogens with two attached hydrogens (primary N) is 1. The van der Waals surface area contributed by atoms with Gasteiger partial charge >= 0.3 is 0 Å². The monoisotopic (exact) mass is 369 g/mol. The molecule has 0 saturated heterocycles. The Morgan fingerprint density at radius 3 is 2.81 bits per heavy atom. The van der Waals surface area contributed by atoms with Gasteiger partial charge in [0.15, 0.2) is 5.65 Å². The van der Waals surface area contributed by atoms with Gasteiger partial charge in [-0.15, -0.1) is 11.3 Å². The minimum Gasteiger partial charge on any atom is -0.349 e. The molecule has 1 fully saturated rings. The van der Waals surface area contributed by atoms with E-state index < -0.39 is 0 Å². The van der Waals surface area contributed by atoms with Crippen molar-refractivity contribution in [1.82, 2.24) is 20.1 Å². The van der Waals surface area contributed by atoms with Crippen LogP contribution in [0.15, 0.2) is 23.6 Å². The molecule has 0 bridgehead atoms. The molecular formula is C19H23N5OS. The number of aryl methyl sites for hydroxylation is 2. The van der Waals surface area contributed by atoms with Gasteiger partial charge in [0.2, 0.25) is 0 Å². The maximum Gasteiger partial charge on any atom is 0.252 e. The second-order valence-electron chi connectivity index (χ2n) is 7.03. The number of amides is 1. The maximum absolute atomic E-state index is 13.1. The van der Waals surface area contributed by atoms with Crippen LogP contribution in [0.1, 0.15) is 41.7 Å². The molecular weight excluding hydrogens is 346 g/mol. The molecule has 0 spiro atoms. The number of carbonyl (C=O) groups excluding carboxylic acids is 1. The van der Waals surface area contributed by atoms with E-state index in [2.05, 4.69) is 10.4 Å². The van der Waals surface area contributed by atoms with Crippen LogP contribution in [0.2, 0.25) is 0 Å². The highest BCUT2D eigenvalue weighted by atomic mass is 32.1. The molecule has 1 aliphatic rings. The minimum atomic E-state index is -0.0493. The van der Waals surface area contributed by atoms with Crippen LogP contribution in [0.25, 0.3) is 21.6 Å². The van der Waals surface area contributed by atoms with E-state index in [1.54, 1.807) is 16.0 Å². The van der Waals surface area contributed by atoms with Crippen LogP contribution in [0.4, 0.5) is 0 Å². The van der Waals surface area contributed by atoms with E-state index in [1.165, 1.54) is 0 Å². The van der Waals surface area contributed by atoms with E-state index in [0.29, 0.717) is 5.56 Å². The van der Waals surface area contributed by atoms with Crippen molar-refractivity contribution in [3.05, 3.63) is 34.8 Å². The van der Waals surface area contributed by atoms with Gasteiger partial charge in [0.1, 0.15) is 0 Å². The average molecular weight is 369 g/mol. The van der Waals surface area contributed by atoms with Crippen molar-refractivity contribution in [1.29, 1.82) is 0 Å². The summed E-state index contributed by atoms with van der Waals surface area (Å²) in [5, 5.41) is 10.5. The number of pyridine rings is 1. The first-order valence-corrected chi connectivity index (χ1v) is 9.85. The van der Waals surface area contributed by atoms with Crippen molar-refractivity contribution in [2.24, 2.45) is 12.8 Å². The van der Waals surface area contributed by atoms with Crippen molar-refractivity contribution in [3.63, 3.8) is 0 Å². The van der Waals surface area contributed by atoms with E-state index in [9.17, 15) is 4.79 Å². The highest BCUT2D eigenvalue weighted by molar-refractivity contribution is 7.13. The molecule has 0 unspecified atom stereocenters. The van der Waals surface area contributed by atoms with Gasteiger partial charge in [-0.25, -0.2) is 4.98 Å². The third kappa shape index (κ3) is 3.12. The van der Waals surface area contributed by atoms with Gasteiger partial charge < -0.3 is 11.1 Å².